The number of hydrogen-bond acceptors (Lipinski definition) is 23. The van der Waals surface area contributed by atoms with E-state index in [0.717, 1.165) is 85.8 Å². The second-order valence-electron chi connectivity index (χ2n) is 32.5. The number of hydrogen-bond donors (Lipinski definition) is 6. The van der Waals surface area contributed by atoms with Gasteiger partial charge in [0.2, 0.25) is 5.91 Å². The third-order valence-corrected chi connectivity index (χ3v) is 25.8. The molecular formula is C105H108BBr4F7N7O17P. The number of pyridine rings is 5. The first-order chi connectivity index (χ1) is 66.9. The number of aromatic nitrogens is 5. The van der Waals surface area contributed by atoms with Crippen LogP contribution in [0.3, 0.4) is 0 Å². The molecule has 1 amide bonds. The van der Waals surface area contributed by atoms with Crippen molar-refractivity contribution in [1.29, 1.82) is 0 Å². The molecule has 0 aliphatic carbocycles. The molecule has 8 aromatic carbocycles. The summed E-state index contributed by atoms with van der Waals surface area (Å²) in [7, 11) is 0.245. The molecule has 0 unspecified atom stereocenters. The Morgan fingerprint density at radius 1 is 0.472 bits per heavy atom. The van der Waals surface area contributed by atoms with Crippen molar-refractivity contribution in [3.05, 3.63) is 368 Å². The molecule has 4 saturated heterocycles. The van der Waals surface area contributed by atoms with Crippen molar-refractivity contribution in [2.24, 2.45) is 0 Å². The van der Waals surface area contributed by atoms with Gasteiger partial charge in [-0.3, -0.25) is 19.2 Å². The van der Waals surface area contributed by atoms with Crippen LogP contribution in [-0.2, 0) is 55.0 Å². The third kappa shape index (κ3) is 39.0. The maximum absolute atomic E-state index is 12.9. The van der Waals surface area contributed by atoms with Crippen molar-refractivity contribution < 1.29 is 130 Å². The smallest absolute Gasteiger partial charge is 0.488 e. The van der Waals surface area contributed by atoms with E-state index < -0.39 is 72.4 Å². The summed E-state index contributed by atoms with van der Waals surface area (Å²) in [4.78, 5) is 63.3. The van der Waals surface area contributed by atoms with Crippen LogP contribution in [0, 0.1) is 5.82 Å². The van der Waals surface area contributed by atoms with Gasteiger partial charge in [0.15, 0.2) is 42.0 Å². The number of carbonyl (C=O) groups excluding carboxylic acids is 4. The molecule has 9 heterocycles. The summed E-state index contributed by atoms with van der Waals surface area (Å²) >= 11 is 9.71. The van der Waals surface area contributed by atoms with Gasteiger partial charge in [0, 0.05) is 38.4 Å². The standard InChI is InChI=1S/C24H20F3NO4.C19H18P.C16H17NO3.C10H12BrNO2.C8H4F4O.C7H6BrN.C6H7BO3.C6H4BrNO.C5H12O2.C4H8N2O.BrH/c1-23(2)30-14-22(32-23)20-5-3-4-19(28-20)15-6-9-18(10-7-15)31-21-11-8-17(24(25,26)27)12-16(21)13-29;1-20(17-11-5-2-6-12-17,18-13-7-3-8-14-18)19-15-9-4-10-16-19;1-16(2)19-10-15(20-16)14-5-3-4-13(17-14)11-6-8-12(18)9-7-11;1-10(2)13-6-8(14-10)7-4-3-5-9(11)12-7;9-7-2-1-6(8(10,11)12)3-5(7)4-13;1-2-6-4-3-5-7(8)9-6;8-6-3-1-5(2-4-6)7(9)10;7-6-3-1-2-5(4-9)8-6;1-5(2,6-3)7-4;7-4-3-5-1-2-6-4;/h3-13,22H,14H2,1-2H3;2-16H,1H3;3-9,15,18H,10H2,1-2H3;3-5,8H,6H2,1-2H3;1-4H;2-5H,1H2;1-4,8-10H;1-4H;1-4H3;5H,1-3H2,(H,6,7);1H/q;+1;;;;;;;;;/p-1/t22-;;15-;8-;;;;;;;/m1.11......./s1. The summed E-state index contributed by atoms with van der Waals surface area (Å²) in [5.41, 5.74) is 4.90. The van der Waals surface area contributed by atoms with E-state index in [2.05, 4.69) is 188 Å². The Balaban J connectivity index is 0.000000223. The van der Waals surface area contributed by atoms with Crippen molar-refractivity contribution in [1.82, 2.24) is 35.6 Å². The highest BCUT2D eigenvalue weighted by atomic mass is 79.9. The Labute approximate surface area is 856 Å². The zero-order valence-corrected chi connectivity index (χ0v) is 86.5. The maximum Gasteiger partial charge on any atom is 0.488 e. The van der Waals surface area contributed by atoms with E-state index in [-0.39, 0.29) is 70.3 Å². The van der Waals surface area contributed by atoms with Gasteiger partial charge < -0.3 is 90.5 Å². The molecular weight excluding hydrogens is 2130 g/mol. The predicted octanol–water partition coefficient (Wildman–Crippen LogP) is 18.4. The number of aromatic hydroxyl groups is 2. The molecule has 5 aromatic heterocycles. The number of rotatable bonds is 17. The largest absolute Gasteiger partial charge is 1.00 e. The minimum atomic E-state index is -4.55. The fraction of sp³-hybridized carbons (Fsp3) is 0.248. The van der Waals surface area contributed by atoms with Crippen LogP contribution < -0.4 is 53.7 Å². The second kappa shape index (κ2) is 56.6. The molecule has 0 spiro atoms. The Hall–Kier alpha value is -11.4. The zero-order valence-electron chi connectivity index (χ0n) is 79.2. The number of phenols is 2. The first-order valence-corrected chi connectivity index (χ1v) is 48.2. The molecule has 17 rings (SSSR count). The van der Waals surface area contributed by atoms with Gasteiger partial charge in [-0.15, -0.1) is 0 Å². The number of phenolic OH excluding ortho intramolecular Hbond substituents is 2. The zero-order chi connectivity index (χ0) is 103. The van der Waals surface area contributed by atoms with Crippen LogP contribution >= 0.6 is 55.1 Å². The molecule has 0 bridgehead atoms. The number of ether oxygens (including phenoxy) is 9. The van der Waals surface area contributed by atoms with E-state index in [1.807, 2.05) is 140 Å². The van der Waals surface area contributed by atoms with E-state index in [9.17, 15) is 55.0 Å². The average Bonchev–Trinajstić information content (AvgIpc) is 1.16. The van der Waals surface area contributed by atoms with E-state index in [0.29, 0.717) is 78.6 Å². The number of methoxy groups -OCH3 is 2. The third-order valence-electron chi connectivity index (χ3n) is 20.5. The van der Waals surface area contributed by atoms with E-state index in [1.165, 1.54) is 40.2 Å². The fourth-order valence-corrected chi connectivity index (χ4v) is 17.1. The molecule has 4 fully saturated rings. The first kappa shape index (κ1) is 118. The molecule has 24 nitrogen and oxygen atoms in total. The molecule has 4 aliphatic rings. The lowest BCUT2D eigenvalue weighted by Crippen LogP contribution is -3.00. The normalized spacial score (nSPS) is 15.5. The number of amides is 1. The summed E-state index contributed by atoms with van der Waals surface area (Å²) in [5.74, 6) is -2.18. The highest BCUT2D eigenvalue weighted by Gasteiger charge is 2.41. The van der Waals surface area contributed by atoms with Gasteiger partial charge in [-0.05, 0) is 309 Å². The molecule has 0 radical (unpaired) electrons. The SMILES string of the molecule is C=Cc1cccc(Br)n1.CC1(C)OC[C@H](c2cccc(-c3ccc(O)cc3)n2)O1.CC1(C)OC[C@H](c2cccc(-c3ccc(Oc4ccc(C(F)(F)F)cc4C=O)cc3)n2)O1.CC1(C)OC[C@H](c2cccc(Br)n2)O1.COC(C)(C)OC.C[P+](c1ccccc1)(c1ccccc1)c1ccccc1.O=C1CNCCN1.O=Cc1cc(C(F)(F)F)ccc1F.O=Cc1cccc(Br)n1.OB(O)c1ccc(O)cc1.[Br-]. The molecule has 3 atom stereocenters. The number of aldehydes is 3. The number of carbonyl (C=O) groups is 4. The van der Waals surface area contributed by atoms with Gasteiger partial charge in [0.05, 0.1) is 89.4 Å². The van der Waals surface area contributed by atoms with Crippen LogP contribution in [0.25, 0.3) is 28.6 Å². The van der Waals surface area contributed by atoms with Crippen molar-refractivity contribution in [3.8, 4) is 45.5 Å². The average molecular weight is 2230 g/mol. The van der Waals surface area contributed by atoms with Crippen LogP contribution in [0.5, 0.6) is 23.0 Å². The Morgan fingerprint density at radius 2 is 0.852 bits per heavy atom. The topological polar surface area (TPSA) is 321 Å². The number of benzene rings is 8. The summed E-state index contributed by atoms with van der Waals surface area (Å²) in [5, 5.41) is 45.2. The molecule has 750 valence electrons. The lowest BCUT2D eigenvalue weighted by molar-refractivity contribution is -0.178. The number of piperazine rings is 1. The van der Waals surface area contributed by atoms with Gasteiger partial charge in [-0.25, -0.2) is 29.3 Å². The fourth-order valence-electron chi connectivity index (χ4n) is 12.8. The van der Waals surface area contributed by atoms with E-state index in [4.69, 9.17) is 57.8 Å². The van der Waals surface area contributed by atoms with Crippen molar-refractivity contribution in [2.75, 3.05) is 60.3 Å². The van der Waals surface area contributed by atoms with Gasteiger partial charge in [-0.1, -0.05) is 104 Å². The van der Waals surface area contributed by atoms with Crippen LogP contribution in [0.1, 0.15) is 139 Å². The van der Waals surface area contributed by atoms with Gasteiger partial charge in [0.1, 0.15) is 89.8 Å². The van der Waals surface area contributed by atoms with Crippen molar-refractivity contribution in [2.45, 2.75) is 109 Å². The lowest BCUT2D eigenvalue weighted by Gasteiger charge is -2.22. The highest BCUT2D eigenvalue weighted by Crippen LogP contribution is 2.51. The molecule has 0 saturated carbocycles. The number of nitrogens with zero attached hydrogens (tertiary/aromatic N) is 5. The van der Waals surface area contributed by atoms with Crippen LogP contribution in [0.2, 0.25) is 0 Å². The number of halogens is 11. The lowest BCUT2D eigenvalue weighted by atomic mass is 9.80. The van der Waals surface area contributed by atoms with Crippen LogP contribution in [0.4, 0.5) is 30.7 Å². The Kier molecular flexibility index (Phi) is 46.9. The molecule has 142 heavy (non-hydrogen) atoms. The van der Waals surface area contributed by atoms with E-state index in [1.54, 1.807) is 74.9 Å². The molecule has 6 N–H and O–H groups in total. The molecule has 37 heteroatoms. The minimum Gasteiger partial charge on any atom is -1.00 e. The minimum absolute atomic E-state index is 0. The van der Waals surface area contributed by atoms with Crippen molar-refractivity contribution in [3.63, 3.8) is 0 Å². The molecule has 13 aromatic rings. The highest BCUT2D eigenvalue weighted by molar-refractivity contribution is 9.11. The Bertz CT molecular complexity index is 5970. The number of nitrogens with one attached hydrogen (secondary N) is 2. The number of alkyl halides is 6. The quantitative estimate of drug-likeness (QED) is 0.0123. The molecule has 4 aliphatic heterocycles. The monoisotopic (exact) mass is 2230 g/mol. The van der Waals surface area contributed by atoms with E-state index >= 15 is 0 Å². The van der Waals surface area contributed by atoms with Gasteiger partial charge in [0.25, 0.3) is 0 Å². The summed E-state index contributed by atoms with van der Waals surface area (Å²) in [6.45, 7) is 24.7. The van der Waals surface area contributed by atoms with Crippen LogP contribution in [-0.4, -0.2) is 161 Å². The summed E-state index contributed by atoms with van der Waals surface area (Å²) in [6, 6.07) is 84.8. The Morgan fingerprint density at radius 3 is 1.18 bits per heavy atom. The van der Waals surface area contributed by atoms with Crippen molar-refractivity contribution >= 4 is 114 Å². The maximum atomic E-state index is 12.9. The second-order valence-corrected chi connectivity index (χ2v) is 38.5. The van der Waals surface area contributed by atoms with Gasteiger partial charge >= 0.3 is 19.5 Å². The predicted molar refractivity (Wildman–Crippen MR) is 541 cm³/mol. The first-order valence-electron chi connectivity index (χ1n) is 43.5. The summed E-state index contributed by atoms with van der Waals surface area (Å²) < 4.78 is 139. The van der Waals surface area contributed by atoms with Gasteiger partial charge in [-0.2, -0.15) is 26.3 Å². The van der Waals surface area contributed by atoms with Crippen LogP contribution in [0.15, 0.2) is 312 Å². The summed E-state index contributed by atoms with van der Waals surface area (Å²) in [6.07, 6.45) is -6.72.